The number of esters is 1. The van der Waals surface area contributed by atoms with Crippen molar-refractivity contribution in [3.05, 3.63) is 29.3 Å². The van der Waals surface area contributed by atoms with Gasteiger partial charge in [0, 0.05) is 18.0 Å². The molecule has 4 nitrogen and oxygen atoms in total. The Morgan fingerprint density at radius 2 is 2.29 bits per heavy atom. The summed E-state index contributed by atoms with van der Waals surface area (Å²) >= 11 is 0. The van der Waals surface area contributed by atoms with Gasteiger partial charge >= 0.3 is 5.97 Å². The van der Waals surface area contributed by atoms with E-state index in [-0.39, 0.29) is 18.0 Å². The molecule has 17 heavy (non-hydrogen) atoms. The minimum Gasteiger partial charge on any atom is -0.488 e. The highest BCUT2D eigenvalue weighted by Crippen LogP contribution is 2.38. The molecule has 2 atom stereocenters. The quantitative estimate of drug-likeness (QED) is 0.810. The first-order valence-corrected chi connectivity index (χ1v) is 5.85. The third-order valence-electron chi connectivity index (χ3n) is 3.08. The van der Waals surface area contributed by atoms with Gasteiger partial charge < -0.3 is 15.2 Å². The molecule has 2 rings (SSSR count). The van der Waals surface area contributed by atoms with E-state index in [4.69, 9.17) is 15.2 Å². The molecule has 2 N–H and O–H groups in total. The largest absolute Gasteiger partial charge is 0.488 e. The lowest BCUT2D eigenvalue weighted by molar-refractivity contribution is 0.0526. The summed E-state index contributed by atoms with van der Waals surface area (Å²) in [7, 11) is 0. The normalized spacial score (nSPS) is 21.8. The number of hydrogen-bond acceptors (Lipinski definition) is 4. The van der Waals surface area contributed by atoms with E-state index in [2.05, 4.69) is 6.92 Å². The van der Waals surface area contributed by atoms with E-state index in [1.54, 1.807) is 13.0 Å². The van der Waals surface area contributed by atoms with Gasteiger partial charge in [-0.1, -0.05) is 6.92 Å². The predicted molar refractivity (Wildman–Crippen MR) is 64.3 cm³/mol. The highest BCUT2D eigenvalue weighted by atomic mass is 16.5. The Bertz CT molecular complexity index is 431. The maximum Gasteiger partial charge on any atom is 0.338 e. The number of benzene rings is 1. The van der Waals surface area contributed by atoms with Crippen molar-refractivity contribution in [1.82, 2.24) is 0 Å². The fourth-order valence-corrected chi connectivity index (χ4v) is 2.07. The van der Waals surface area contributed by atoms with Crippen molar-refractivity contribution >= 4 is 5.97 Å². The zero-order valence-corrected chi connectivity index (χ0v) is 10.1. The molecule has 0 saturated heterocycles. The molecule has 0 spiro atoms. The highest BCUT2D eigenvalue weighted by Gasteiger charge is 2.30. The van der Waals surface area contributed by atoms with Crippen LogP contribution >= 0.6 is 0 Å². The van der Waals surface area contributed by atoms with Crippen molar-refractivity contribution in [2.75, 3.05) is 13.2 Å². The summed E-state index contributed by atoms with van der Waals surface area (Å²) in [4.78, 5) is 11.6. The minimum atomic E-state index is -0.293. The molecule has 92 valence electrons. The molecule has 0 amide bonds. The average Bonchev–Trinajstić information content (AvgIpc) is 2.66. The van der Waals surface area contributed by atoms with Crippen molar-refractivity contribution in [2.45, 2.75) is 25.9 Å². The second-order valence-electron chi connectivity index (χ2n) is 4.15. The highest BCUT2D eigenvalue weighted by molar-refractivity contribution is 5.90. The van der Waals surface area contributed by atoms with Crippen LogP contribution in [0.2, 0.25) is 0 Å². The van der Waals surface area contributed by atoms with Crippen LogP contribution in [0.3, 0.4) is 0 Å². The third kappa shape index (κ3) is 2.13. The van der Waals surface area contributed by atoms with Gasteiger partial charge in [-0.2, -0.15) is 0 Å². The number of hydrogen-bond donors (Lipinski definition) is 1. The van der Waals surface area contributed by atoms with Gasteiger partial charge in [0.1, 0.15) is 11.9 Å². The standard InChI is InChI=1S/C13H17NO3/c1-3-16-13(15)9-4-5-11-10(6-9)8(2)12(7-14)17-11/h4-6,8,12H,3,7,14H2,1-2H3/t8-,12-/m0/s1. The average molecular weight is 235 g/mol. The van der Waals surface area contributed by atoms with Crippen molar-refractivity contribution in [2.24, 2.45) is 5.73 Å². The summed E-state index contributed by atoms with van der Waals surface area (Å²) < 4.78 is 10.7. The second kappa shape index (κ2) is 4.75. The zero-order valence-electron chi connectivity index (χ0n) is 10.1. The number of rotatable bonds is 3. The molecular weight excluding hydrogens is 218 g/mol. The number of fused-ring (bicyclic) bond motifs is 1. The van der Waals surface area contributed by atoms with Crippen molar-refractivity contribution in [1.29, 1.82) is 0 Å². The summed E-state index contributed by atoms with van der Waals surface area (Å²) in [6.45, 7) is 4.71. The van der Waals surface area contributed by atoms with Crippen molar-refractivity contribution in [3.8, 4) is 5.75 Å². The van der Waals surface area contributed by atoms with Crippen molar-refractivity contribution < 1.29 is 14.3 Å². The molecule has 1 heterocycles. The molecule has 4 heteroatoms. The topological polar surface area (TPSA) is 61.5 Å². The Labute approximate surface area is 101 Å². The van der Waals surface area contributed by atoms with E-state index in [1.165, 1.54) is 0 Å². The van der Waals surface area contributed by atoms with Gasteiger partial charge in [0.05, 0.1) is 12.2 Å². The lowest BCUT2D eigenvalue weighted by Gasteiger charge is -2.11. The summed E-state index contributed by atoms with van der Waals surface area (Å²) in [6.07, 6.45) is 0.00226. The number of nitrogens with two attached hydrogens (primary N) is 1. The van der Waals surface area contributed by atoms with E-state index in [9.17, 15) is 4.79 Å². The lowest BCUT2D eigenvalue weighted by atomic mass is 9.96. The number of carbonyl (C=O) groups is 1. The van der Waals surface area contributed by atoms with Gasteiger partial charge in [0.2, 0.25) is 0 Å². The molecule has 0 unspecified atom stereocenters. The first kappa shape index (κ1) is 11.9. The van der Waals surface area contributed by atoms with E-state index >= 15 is 0 Å². The summed E-state index contributed by atoms with van der Waals surface area (Å²) in [5.74, 6) is 0.740. The van der Waals surface area contributed by atoms with Crippen LogP contribution in [0, 0.1) is 0 Å². The van der Waals surface area contributed by atoms with Crippen LogP contribution in [0.1, 0.15) is 35.7 Å². The molecule has 1 aliphatic rings. The van der Waals surface area contributed by atoms with Crippen LogP contribution in [0.4, 0.5) is 0 Å². The third-order valence-corrected chi connectivity index (χ3v) is 3.08. The smallest absolute Gasteiger partial charge is 0.338 e. The van der Waals surface area contributed by atoms with Crippen LogP contribution < -0.4 is 10.5 Å². The van der Waals surface area contributed by atoms with E-state index in [1.807, 2.05) is 12.1 Å². The Hall–Kier alpha value is -1.55. The van der Waals surface area contributed by atoms with Gasteiger partial charge in [-0.3, -0.25) is 0 Å². The SMILES string of the molecule is CCOC(=O)c1ccc2c(c1)[C@H](C)[C@H](CN)O2. The first-order chi connectivity index (χ1) is 8.17. The molecule has 0 fully saturated rings. The Morgan fingerprint density at radius 3 is 2.94 bits per heavy atom. The maximum absolute atomic E-state index is 11.6. The van der Waals surface area contributed by atoms with Crippen LogP contribution in [-0.4, -0.2) is 25.2 Å². The Balaban J connectivity index is 2.27. The minimum absolute atomic E-state index is 0.00226. The predicted octanol–water partition coefficient (Wildman–Crippen LogP) is 1.69. The monoisotopic (exact) mass is 235 g/mol. The van der Waals surface area contributed by atoms with E-state index < -0.39 is 0 Å². The molecule has 1 aliphatic heterocycles. The molecule has 0 aromatic heterocycles. The Morgan fingerprint density at radius 1 is 1.53 bits per heavy atom. The van der Waals surface area contributed by atoms with Crippen LogP contribution in [-0.2, 0) is 4.74 Å². The lowest BCUT2D eigenvalue weighted by Crippen LogP contribution is -2.26. The molecule has 0 bridgehead atoms. The van der Waals surface area contributed by atoms with Gasteiger partial charge in [-0.15, -0.1) is 0 Å². The maximum atomic E-state index is 11.6. The van der Waals surface area contributed by atoms with Gasteiger partial charge in [-0.25, -0.2) is 4.79 Å². The number of carbonyl (C=O) groups excluding carboxylic acids is 1. The van der Waals surface area contributed by atoms with Crippen LogP contribution in [0.5, 0.6) is 5.75 Å². The molecule has 0 radical (unpaired) electrons. The Kier molecular flexibility index (Phi) is 3.33. The number of ether oxygens (including phenoxy) is 2. The molecule has 0 saturated carbocycles. The summed E-state index contributed by atoms with van der Waals surface area (Å²) in [5.41, 5.74) is 7.23. The van der Waals surface area contributed by atoms with Gasteiger partial charge in [-0.05, 0) is 25.1 Å². The van der Waals surface area contributed by atoms with Crippen LogP contribution in [0.25, 0.3) is 0 Å². The first-order valence-electron chi connectivity index (χ1n) is 5.85. The summed E-state index contributed by atoms with van der Waals surface area (Å²) in [5, 5.41) is 0. The van der Waals surface area contributed by atoms with Crippen molar-refractivity contribution in [3.63, 3.8) is 0 Å². The fraction of sp³-hybridized carbons (Fsp3) is 0.462. The fourth-order valence-electron chi connectivity index (χ4n) is 2.07. The van der Waals surface area contributed by atoms with E-state index in [0.717, 1.165) is 11.3 Å². The molecule has 1 aromatic rings. The van der Waals surface area contributed by atoms with Gasteiger partial charge in [0.15, 0.2) is 0 Å². The van der Waals surface area contributed by atoms with E-state index in [0.29, 0.717) is 18.7 Å². The van der Waals surface area contributed by atoms with Gasteiger partial charge in [0.25, 0.3) is 0 Å². The zero-order chi connectivity index (χ0) is 12.4. The molecule has 1 aromatic carbocycles. The molecular formula is C13H17NO3. The summed E-state index contributed by atoms with van der Waals surface area (Å²) in [6, 6.07) is 5.38. The van der Waals surface area contributed by atoms with Crippen LogP contribution in [0.15, 0.2) is 18.2 Å². The second-order valence-corrected chi connectivity index (χ2v) is 4.15. The molecule has 0 aliphatic carbocycles.